The molecule has 0 aliphatic rings. The van der Waals surface area contributed by atoms with Gasteiger partial charge in [0.2, 0.25) is 0 Å². The van der Waals surface area contributed by atoms with E-state index in [9.17, 15) is 9.59 Å². The molecule has 0 aliphatic heterocycles. The average molecular weight is 399 g/mol. The van der Waals surface area contributed by atoms with Crippen molar-refractivity contribution in [3.8, 4) is 0 Å². The first-order valence-corrected chi connectivity index (χ1v) is 9.30. The van der Waals surface area contributed by atoms with E-state index in [1.54, 1.807) is 26.3 Å². The second-order valence-electron chi connectivity index (χ2n) is 6.47. The highest BCUT2D eigenvalue weighted by Crippen LogP contribution is 2.13. The number of rotatable bonds is 6. The van der Waals surface area contributed by atoms with E-state index in [1.807, 2.05) is 60.7 Å². The Balaban J connectivity index is 1.71. The Hall–Kier alpha value is -4.13. The van der Waals surface area contributed by atoms with Gasteiger partial charge in [0.1, 0.15) is 0 Å². The standard InChI is InChI=1S/C23H21N5O2/c1-16-20(22(29)27-24-14-18-9-5-3-6-10-18)13-21(17(2)26-16)23(30)28-25-15-19-11-7-4-8-12-19/h3-15H,1-2H3,(H,27,29)(H,28,30). The first kappa shape index (κ1) is 20.6. The van der Waals surface area contributed by atoms with Crippen LogP contribution in [0, 0.1) is 13.8 Å². The van der Waals surface area contributed by atoms with E-state index in [2.05, 4.69) is 26.0 Å². The summed E-state index contributed by atoms with van der Waals surface area (Å²) in [5.41, 5.74) is 8.19. The lowest BCUT2D eigenvalue weighted by Gasteiger charge is -2.09. The molecular formula is C23H21N5O2. The largest absolute Gasteiger partial charge is 0.273 e. The Morgan fingerprint density at radius 3 is 1.53 bits per heavy atom. The Morgan fingerprint density at radius 2 is 1.13 bits per heavy atom. The molecular weight excluding hydrogens is 378 g/mol. The Morgan fingerprint density at radius 1 is 0.733 bits per heavy atom. The monoisotopic (exact) mass is 399 g/mol. The van der Waals surface area contributed by atoms with Crippen LogP contribution >= 0.6 is 0 Å². The molecule has 0 unspecified atom stereocenters. The molecule has 1 heterocycles. The molecule has 0 saturated carbocycles. The smallest absolute Gasteiger partial charge is 0.267 e. The first-order valence-electron chi connectivity index (χ1n) is 9.30. The number of pyridine rings is 1. The van der Waals surface area contributed by atoms with Crippen molar-refractivity contribution >= 4 is 24.2 Å². The molecule has 2 aromatic carbocycles. The van der Waals surface area contributed by atoms with Gasteiger partial charge < -0.3 is 0 Å². The maximum atomic E-state index is 12.5. The minimum atomic E-state index is -0.450. The molecule has 3 rings (SSSR count). The summed E-state index contributed by atoms with van der Waals surface area (Å²) in [6.07, 6.45) is 3.08. The topological polar surface area (TPSA) is 95.8 Å². The van der Waals surface area contributed by atoms with Crippen LogP contribution in [0.5, 0.6) is 0 Å². The van der Waals surface area contributed by atoms with E-state index in [-0.39, 0.29) is 11.1 Å². The molecule has 0 radical (unpaired) electrons. The van der Waals surface area contributed by atoms with Crippen LogP contribution < -0.4 is 10.9 Å². The lowest BCUT2D eigenvalue weighted by atomic mass is 10.1. The van der Waals surface area contributed by atoms with Gasteiger partial charge in [-0.1, -0.05) is 60.7 Å². The van der Waals surface area contributed by atoms with Crippen LogP contribution in [0.3, 0.4) is 0 Å². The molecule has 150 valence electrons. The Labute approximate surface area is 174 Å². The molecule has 7 nitrogen and oxygen atoms in total. The lowest BCUT2D eigenvalue weighted by Crippen LogP contribution is -2.23. The number of hydrazone groups is 2. The van der Waals surface area contributed by atoms with Crippen molar-refractivity contribution in [2.24, 2.45) is 10.2 Å². The number of benzene rings is 2. The molecule has 0 fully saturated rings. The minimum Gasteiger partial charge on any atom is -0.267 e. The van der Waals surface area contributed by atoms with Crippen molar-refractivity contribution in [3.63, 3.8) is 0 Å². The quantitative estimate of drug-likeness (QED) is 0.492. The van der Waals surface area contributed by atoms with Crippen molar-refractivity contribution in [2.75, 3.05) is 0 Å². The van der Waals surface area contributed by atoms with Crippen molar-refractivity contribution in [1.29, 1.82) is 0 Å². The van der Waals surface area contributed by atoms with Gasteiger partial charge in [-0.3, -0.25) is 14.6 Å². The predicted octanol–water partition coefficient (Wildman–Crippen LogP) is 3.23. The maximum absolute atomic E-state index is 12.5. The number of amides is 2. The summed E-state index contributed by atoms with van der Waals surface area (Å²) < 4.78 is 0. The zero-order chi connectivity index (χ0) is 21.3. The van der Waals surface area contributed by atoms with Gasteiger partial charge in [-0.25, -0.2) is 10.9 Å². The summed E-state index contributed by atoms with van der Waals surface area (Å²) in [6, 6.07) is 20.3. The van der Waals surface area contributed by atoms with Gasteiger partial charge in [0.15, 0.2) is 0 Å². The number of carbonyl (C=O) groups excluding carboxylic acids is 2. The number of carbonyl (C=O) groups is 2. The van der Waals surface area contributed by atoms with Crippen LogP contribution in [-0.4, -0.2) is 29.2 Å². The highest BCUT2D eigenvalue weighted by molar-refractivity contribution is 6.01. The summed E-state index contributed by atoms with van der Waals surface area (Å²) in [5.74, 6) is -0.900. The van der Waals surface area contributed by atoms with Gasteiger partial charge in [-0.2, -0.15) is 10.2 Å². The van der Waals surface area contributed by atoms with Crippen molar-refractivity contribution in [2.45, 2.75) is 13.8 Å². The van der Waals surface area contributed by atoms with Gasteiger partial charge in [-0.15, -0.1) is 0 Å². The van der Waals surface area contributed by atoms with Gasteiger partial charge in [0, 0.05) is 0 Å². The van der Waals surface area contributed by atoms with Gasteiger partial charge in [-0.05, 0) is 31.0 Å². The average Bonchev–Trinajstić information content (AvgIpc) is 2.75. The molecule has 1 aromatic heterocycles. The third-order valence-corrected chi connectivity index (χ3v) is 4.25. The van der Waals surface area contributed by atoms with Crippen molar-refractivity contribution < 1.29 is 9.59 Å². The summed E-state index contributed by atoms with van der Waals surface area (Å²) in [7, 11) is 0. The van der Waals surface area contributed by atoms with E-state index < -0.39 is 11.8 Å². The van der Waals surface area contributed by atoms with Crippen LogP contribution in [0.25, 0.3) is 0 Å². The second-order valence-corrected chi connectivity index (χ2v) is 6.47. The molecule has 0 bridgehead atoms. The maximum Gasteiger partial charge on any atom is 0.273 e. The van der Waals surface area contributed by atoms with Gasteiger partial charge in [0.25, 0.3) is 11.8 Å². The zero-order valence-electron chi connectivity index (χ0n) is 16.7. The summed E-state index contributed by atoms with van der Waals surface area (Å²) in [6.45, 7) is 3.41. The highest BCUT2D eigenvalue weighted by atomic mass is 16.2. The van der Waals surface area contributed by atoms with Gasteiger partial charge in [0.05, 0.1) is 34.9 Å². The van der Waals surface area contributed by atoms with Crippen LogP contribution in [-0.2, 0) is 0 Å². The SMILES string of the molecule is Cc1nc(C)c(C(=O)NN=Cc2ccccc2)cc1C(=O)NN=Cc1ccccc1. The fraction of sp³-hybridized carbons (Fsp3) is 0.0870. The fourth-order valence-electron chi connectivity index (χ4n) is 2.71. The molecule has 0 saturated heterocycles. The molecule has 0 atom stereocenters. The van der Waals surface area contributed by atoms with E-state index in [0.29, 0.717) is 11.4 Å². The second kappa shape index (κ2) is 9.88. The molecule has 2 N–H and O–H groups in total. The summed E-state index contributed by atoms with van der Waals surface area (Å²) in [4.78, 5) is 29.4. The molecule has 3 aromatic rings. The van der Waals surface area contributed by atoms with Crippen molar-refractivity contribution in [3.05, 3.63) is 100 Å². The number of nitrogens with one attached hydrogen (secondary N) is 2. The molecule has 30 heavy (non-hydrogen) atoms. The van der Waals surface area contributed by atoms with E-state index in [4.69, 9.17) is 0 Å². The normalized spacial score (nSPS) is 11.0. The summed E-state index contributed by atoms with van der Waals surface area (Å²) in [5, 5.41) is 7.93. The fourth-order valence-corrected chi connectivity index (χ4v) is 2.71. The third kappa shape index (κ3) is 5.45. The van der Waals surface area contributed by atoms with Crippen LogP contribution in [0.15, 0.2) is 76.9 Å². The first-order chi connectivity index (χ1) is 14.5. The summed E-state index contributed by atoms with van der Waals surface area (Å²) >= 11 is 0. The number of aryl methyl sites for hydroxylation is 2. The third-order valence-electron chi connectivity index (χ3n) is 4.25. The van der Waals surface area contributed by atoms with E-state index in [1.165, 1.54) is 6.07 Å². The minimum absolute atomic E-state index is 0.267. The molecule has 0 aliphatic carbocycles. The van der Waals surface area contributed by atoms with Gasteiger partial charge >= 0.3 is 0 Å². The molecule has 7 heteroatoms. The highest BCUT2D eigenvalue weighted by Gasteiger charge is 2.17. The number of nitrogens with zero attached hydrogens (tertiary/aromatic N) is 3. The van der Waals surface area contributed by atoms with E-state index in [0.717, 1.165) is 11.1 Å². The Kier molecular flexibility index (Phi) is 6.78. The Bertz CT molecular complexity index is 1010. The lowest BCUT2D eigenvalue weighted by molar-refractivity contribution is 0.0954. The van der Waals surface area contributed by atoms with Crippen LogP contribution in [0.2, 0.25) is 0 Å². The predicted molar refractivity (Wildman–Crippen MR) is 117 cm³/mol. The van der Waals surface area contributed by atoms with Crippen molar-refractivity contribution in [1.82, 2.24) is 15.8 Å². The zero-order valence-corrected chi connectivity index (χ0v) is 16.7. The van der Waals surface area contributed by atoms with Crippen LogP contribution in [0.1, 0.15) is 43.2 Å². The molecule has 2 amide bonds. The number of hydrogen-bond donors (Lipinski definition) is 2. The molecule has 0 spiro atoms. The number of hydrogen-bond acceptors (Lipinski definition) is 5. The number of aromatic nitrogens is 1. The van der Waals surface area contributed by atoms with Crippen LogP contribution in [0.4, 0.5) is 0 Å². The van der Waals surface area contributed by atoms with E-state index >= 15 is 0 Å².